The molecule has 1 unspecified atom stereocenters. The fourth-order valence-electron chi connectivity index (χ4n) is 1.50. The number of carbonyl (C=O) groups excluding carboxylic acids is 1. The lowest BCUT2D eigenvalue weighted by atomic mass is 10.3. The molecule has 0 saturated carbocycles. The summed E-state index contributed by atoms with van der Waals surface area (Å²) in [5, 5.41) is 16.3. The molecular formula is C12H18N4O5. The Kier molecular flexibility index (Phi) is 6.34. The van der Waals surface area contributed by atoms with Crippen LogP contribution in [0.25, 0.3) is 0 Å². The standard InChI is InChI=1S/C12H18N4O5/c1-8(12(17)13-6-7-20-2)14-11-9(16(18)19)4-5-10(15-11)21-3/h4-5,8H,6-7H2,1-3H3,(H,13,17)(H,14,15). The van der Waals surface area contributed by atoms with E-state index in [2.05, 4.69) is 15.6 Å². The van der Waals surface area contributed by atoms with Crippen LogP contribution in [0.1, 0.15) is 6.92 Å². The second-order valence-electron chi connectivity index (χ2n) is 4.13. The van der Waals surface area contributed by atoms with E-state index in [1.54, 1.807) is 6.92 Å². The van der Waals surface area contributed by atoms with E-state index in [1.165, 1.54) is 26.4 Å². The fourth-order valence-corrected chi connectivity index (χ4v) is 1.50. The first kappa shape index (κ1) is 16.6. The molecule has 1 aromatic heterocycles. The van der Waals surface area contributed by atoms with E-state index >= 15 is 0 Å². The van der Waals surface area contributed by atoms with Gasteiger partial charge in [-0.15, -0.1) is 0 Å². The van der Waals surface area contributed by atoms with E-state index in [4.69, 9.17) is 9.47 Å². The Bertz CT molecular complexity index is 508. The average molecular weight is 298 g/mol. The van der Waals surface area contributed by atoms with Crippen molar-refractivity contribution >= 4 is 17.4 Å². The van der Waals surface area contributed by atoms with Crippen molar-refractivity contribution < 1.29 is 19.2 Å². The summed E-state index contributed by atoms with van der Waals surface area (Å²) in [7, 11) is 2.93. The van der Waals surface area contributed by atoms with Gasteiger partial charge in [-0.25, -0.2) is 0 Å². The highest BCUT2D eigenvalue weighted by Crippen LogP contribution is 2.25. The maximum atomic E-state index is 11.8. The minimum absolute atomic E-state index is 0.0197. The molecule has 0 radical (unpaired) electrons. The van der Waals surface area contributed by atoms with Gasteiger partial charge < -0.3 is 20.1 Å². The second kappa shape index (κ2) is 8.00. The average Bonchev–Trinajstić information content (AvgIpc) is 2.46. The molecule has 0 aliphatic carbocycles. The number of aromatic nitrogens is 1. The summed E-state index contributed by atoms with van der Waals surface area (Å²) < 4.78 is 9.74. The van der Waals surface area contributed by atoms with Gasteiger partial charge in [0, 0.05) is 25.8 Å². The van der Waals surface area contributed by atoms with E-state index in [9.17, 15) is 14.9 Å². The molecule has 116 valence electrons. The minimum atomic E-state index is -0.694. The fraction of sp³-hybridized carbons (Fsp3) is 0.500. The lowest BCUT2D eigenvalue weighted by molar-refractivity contribution is -0.384. The molecule has 0 aliphatic rings. The van der Waals surface area contributed by atoms with Crippen LogP contribution >= 0.6 is 0 Å². The normalized spacial score (nSPS) is 11.6. The summed E-state index contributed by atoms with van der Waals surface area (Å²) in [5.41, 5.74) is -0.229. The minimum Gasteiger partial charge on any atom is -0.481 e. The van der Waals surface area contributed by atoms with Crippen LogP contribution in [0.5, 0.6) is 5.88 Å². The summed E-state index contributed by atoms with van der Waals surface area (Å²) in [4.78, 5) is 26.1. The van der Waals surface area contributed by atoms with E-state index in [-0.39, 0.29) is 23.3 Å². The molecule has 2 N–H and O–H groups in total. The summed E-state index contributed by atoms with van der Waals surface area (Å²) in [6, 6.07) is 1.95. The molecule has 1 rings (SSSR count). The molecule has 0 saturated heterocycles. The Hall–Kier alpha value is -2.42. The quantitative estimate of drug-likeness (QED) is 0.409. The first-order chi connectivity index (χ1) is 9.99. The third-order valence-corrected chi connectivity index (χ3v) is 2.61. The molecule has 1 heterocycles. The largest absolute Gasteiger partial charge is 0.481 e. The molecule has 0 aliphatic heterocycles. The van der Waals surface area contributed by atoms with Gasteiger partial charge >= 0.3 is 5.69 Å². The maximum absolute atomic E-state index is 11.8. The van der Waals surface area contributed by atoms with Crippen molar-refractivity contribution in [1.82, 2.24) is 10.3 Å². The van der Waals surface area contributed by atoms with Crippen LogP contribution in [0, 0.1) is 10.1 Å². The van der Waals surface area contributed by atoms with Crippen LogP contribution in [-0.4, -0.2) is 49.2 Å². The van der Waals surface area contributed by atoms with Gasteiger partial charge in [-0.1, -0.05) is 0 Å². The summed E-state index contributed by atoms with van der Waals surface area (Å²) in [6.07, 6.45) is 0. The highest BCUT2D eigenvalue weighted by Gasteiger charge is 2.21. The van der Waals surface area contributed by atoms with E-state index < -0.39 is 11.0 Å². The first-order valence-electron chi connectivity index (χ1n) is 6.22. The van der Waals surface area contributed by atoms with Gasteiger partial charge in [0.2, 0.25) is 17.6 Å². The predicted molar refractivity (Wildman–Crippen MR) is 75.4 cm³/mol. The molecular weight excluding hydrogens is 280 g/mol. The van der Waals surface area contributed by atoms with Crippen LogP contribution < -0.4 is 15.4 Å². The zero-order valence-corrected chi connectivity index (χ0v) is 12.1. The lowest BCUT2D eigenvalue weighted by Crippen LogP contribution is -2.39. The number of nitrogens with one attached hydrogen (secondary N) is 2. The number of anilines is 1. The highest BCUT2D eigenvalue weighted by molar-refractivity contribution is 5.84. The van der Waals surface area contributed by atoms with Crippen molar-refractivity contribution in [3.63, 3.8) is 0 Å². The molecule has 1 amide bonds. The summed E-state index contributed by atoms with van der Waals surface area (Å²) >= 11 is 0. The molecule has 0 spiro atoms. The van der Waals surface area contributed by atoms with Gasteiger partial charge in [0.1, 0.15) is 6.04 Å². The number of pyridine rings is 1. The van der Waals surface area contributed by atoms with Crippen LogP contribution in [0.2, 0.25) is 0 Å². The van der Waals surface area contributed by atoms with E-state index in [0.29, 0.717) is 13.2 Å². The van der Waals surface area contributed by atoms with Crippen LogP contribution in [0.4, 0.5) is 11.5 Å². The van der Waals surface area contributed by atoms with Crippen LogP contribution in [0.15, 0.2) is 12.1 Å². The zero-order valence-electron chi connectivity index (χ0n) is 12.1. The Morgan fingerprint density at radius 2 is 2.19 bits per heavy atom. The highest BCUT2D eigenvalue weighted by atomic mass is 16.6. The maximum Gasteiger partial charge on any atom is 0.311 e. The first-order valence-corrected chi connectivity index (χ1v) is 6.22. The SMILES string of the molecule is COCCNC(=O)C(C)Nc1nc(OC)ccc1[N+](=O)[O-]. The van der Waals surface area contributed by atoms with Crippen molar-refractivity contribution in [3.05, 3.63) is 22.2 Å². The predicted octanol–water partition coefficient (Wildman–Crippen LogP) is 0.561. The Balaban J connectivity index is 2.80. The number of hydrogen-bond donors (Lipinski definition) is 2. The van der Waals surface area contributed by atoms with Gasteiger partial charge in [-0.05, 0) is 6.92 Å². The molecule has 9 heteroatoms. The molecule has 0 fully saturated rings. The zero-order chi connectivity index (χ0) is 15.8. The van der Waals surface area contributed by atoms with E-state index in [1.807, 2.05) is 0 Å². The number of rotatable bonds is 8. The van der Waals surface area contributed by atoms with Gasteiger partial charge in [0.05, 0.1) is 18.6 Å². The molecule has 0 aromatic carbocycles. The number of carbonyl (C=O) groups is 1. The molecule has 21 heavy (non-hydrogen) atoms. The van der Waals surface area contributed by atoms with Crippen molar-refractivity contribution in [2.24, 2.45) is 0 Å². The number of nitrogens with zero attached hydrogens (tertiary/aromatic N) is 2. The third-order valence-electron chi connectivity index (χ3n) is 2.61. The number of amides is 1. The van der Waals surface area contributed by atoms with E-state index in [0.717, 1.165) is 0 Å². The Morgan fingerprint density at radius 3 is 2.76 bits per heavy atom. The monoisotopic (exact) mass is 298 g/mol. The second-order valence-corrected chi connectivity index (χ2v) is 4.13. The van der Waals surface area contributed by atoms with Crippen molar-refractivity contribution in [1.29, 1.82) is 0 Å². The number of hydrogen-bond acceptors (Lipinski definition) is 7. The van der Waals surface area contributed by atoms with Crippen molar-refractivity contribution in [2.45, 2.75) is 13.0 Å². The molecule has 9 nitrogen and oxygen atoms in total. The lowest BCUT2D eigenvalue weighted by Gasteiger charge is -2.14. The van der Waals surface area contributed by atoms with Crippen molar-refractivity contribution in [2.75, 3.05) is 32.7 Å². The Morgan fingerprint density at radius 1 is 1.48 bits per heavy atom. The van der Waals surface area contributed by atoms with Gasteiger partial charge in [-0.3, -0.25) is 14.9 Å². The number of ether oxygens (including phenoxy) is 2. The molecule has 0 bridgehead atoms. The summed E-state index contributed by atoms with van der Waals surface area (Å²) in [5.74, 6) is -0.116. The topological polar surface area (TPSA) is 116 Å². The Labute approximate surface area is 121 Å². The molecule has 1 aromatic rings. The number of nitro groups is 1. The third kappa shape index (κ3) is 4.88. The number of methoxy groups -OCH3 is 2. The van der Waals surface area contributed by atoms with Crippen LogP contribution in [0.3, 0.4) is 0 Å². The molecule has 1 atom stereocenters. The van der Waals surface area contributed by atoms with Crippen LogP contribution in [-0.2, 0) is 9.53 Å². The summed E-state index contributed by atoms with van der Waals surface area (Å²) in [6.45, 7) is 2.32. The smallest absolute Gasteiger partial charge is 0.311 e. The van der Waals surface area contributed by atoms with Crippen molar-refractivity contribution in [3.8, 4) is 5.88 Å². The van der Waals surface area contributed by atoms with Gasteiger partial charge in [0.25, 0.3) is 0 Å². The van der Waals surface area contributed by atoms with Gasteiger partial charge in [0.15, 0.2) is 0 Å². The van der Waals surface area contributed by atoms with Gasteiger partial charge in [-0.2, -0.15) is 4.98 Å².